The van der Waals surface area contributed by atoms with Gasteiger partial charge in [0.15, 0.2) is 6.10 Å². The van der Waals surface area contributed by atoms with Gasteiger partial charge in [-0.3, -0.25) is 4.79 Å². The molecular formula is C18H18ClNO4. The number of ether oxygens (including phenoxy) is 2. The summed E-state index contributed by atoms with van der Waals surface area (Å²) < 4.78 is 10.2. The fourth-order valence-electron chi connectivity index (χ4n) is 1.95. The topological polar surface area (TPSA) is 64.6 Å². The van der Waals surface area contributed by atoms with E-state index in [1.54, 1.807) is 42.5 Å². The van der Waals surface area contributed by atoms with Crippen molar-refractivity contribution in [3.05, 3.63) is 58.6 Å². The van der Waals surface area contributed by atoms with Crippen LogP contribution in [0.1, 0.15) is 22.8 Å². The van der Waals surface area contributed by atoms with Gasteiger partial charge in [-0.25, -0.2) is 4.79 Å². The highest BCUT2D eigenvalue weighted by molar-refractivity contribution is 6.31. The highest BCUT2D eigenvalue weighted by Gasteiger charge is 2.19. The van der Waals surface area contributed by atoms with Crippen LogP contribution in [-0.4, -0.2) is 25.1 Å². The largest absolute Gasteiger partial charge is 0.497 e. The third-order valence-electron chi connectivity index (χ3n) is 3.40. The molecule has 0 aliphatic rings. The molecule has 0 saturated carbocycles. The van der Waals surface area contributed by atoms with Crippen molar-refractivity contribution in [2.75, 3.05) is 12.4 Å². The summed E-state index contributed by atoms with van der Waals surface area (Å²) in [4.78, 5) is 24.2. The second kappa shape index (κ2) is 7.84. The van der Waals surface area contributed by atoms with Crippen molar-refractivity contribution in [3.8, 4) is 5.75 Å². The molecule has 2 rings (SSSR count). The molecule has 5 nitrogen and oxygen atoms in total. The van der Waals surface area contributed by atoms with Crippen molar-refractivity contribution >= 4 is 29.2 Å². The Morgan fingerprint density at radius 2 is 1.92 bits per heavy atom. The number of nitrogens with one attached hydrogen (secondary N) is 1. The maximum atomic E-state index is 12.1. The third kappa shape index (κ3) is 4.49. The van der Waals surface area contributed by atoms with E-state index in [1.807, 2.05) is 6.92 Å². The molecule has 0 fully saturated rings. The van der Waals surface area contributed by atoms with Gasteiger partial charge in [-0.2, -0.15) is 0 Å². The Morgan fingerprint density at radius 1 is 1.17 bits per heavy atom. The molecular weight excluding hydrogens is 330 g/mol. The number of aryl methyl sites for hydroxylation is 1. The lowest BCUT2D eigenvalue weighted by Gasteiger charge is -2.14. The van der Waals surface area contributed by atoms with E-state index in [0.29, 0.717) is 22.0 Å². The average Bonchev–Trinajstić information content (AvgIpc) is 2.58. The van der Waals surface area contributed by atoms with Crippen LogP contribution in [0.4, 0.5) is 5.69 Å². The molecule has 2 aromatic rings. The van der Waals surface area contributed by atoms with E-state index in [9.17, 15) is 9.59 Å². The smallest absolute Gasteiger partial charge is 0.339 e. The molecule has 0 saturated heterocycles. The van der Waals surface area contributed by atoms with Crippen molar-refractivity contribution < 1.29 is 19.1 Å². The Kier molecular flexibility index (Phi) is 5.82. The quantitative estimate of drug-likeness (QED) is 0.834. The second-order valence-corrected chi connectivity index (χ2v) is 5.64. The number of hydrogen-bond acceptors (Lipinski definition) is 4. The van der Waals surface area contributed by atoms with Crippen LogP contribution >= 0.6 is 11.6 Å². The fraction of sp³-hybridized carbons (Fsp3) is 0.222. The van der Waals surface area contributed by atoms with Gasteiger partial charge in [-0.05, 0) is 49.7 Å². The lowest BCUT2D eigenvalue weighted by Crippen LogP contribution is -2.30. The maximum absolute atomic E-state index is 12.1. The van der Waals surface area contributed by atoms with Crippen LogP contribution in [0.3, 0.4) is 0 Å². The Hall–Kier alpha value is -2.53. The zero-order valence-electron chi connectivity index (χ0n) is 13.6. The van der Waals surface area contributed by atoms with Crippen LogP contribution in [0.25, 0.3) is 0 Å². The van der Waals surface area contributed by atoms with Gasteiger partial charge in [0.25, 0.3) is 5.91 Å². The molecule has 2 aromatic carbocycles. The highest BCUT2D eigenvalue weighted by atomic mass is 35.5. The first-order valence-corrected chi connectivity index (χ1v) is 7.70. The summed E-state index contributed by atoms with van der Waals surface area (Å²) in [7, 11) is 1.51. The standard InChI is InChI=1S/C18H18ClNO4/c1-11-7-8-14(10-16(11)19)20-17(21)12(2)24-18(22)13-5-4-6-15(9-13)23-3/h4-10,12H,1-3H3,(H,20,21)/t12-/m0/s1. The molecule has 1 atom stereocenters. The monoisotopic (exact) mass is 347 g/mol. The first-order chi connectivity index (χ1) is 11.4. The zero-order valence-corrected chi connectivity index (χ0v) is 14.4. The molecule has 24 heavy (non-hydrogen) atoms. The Bertz CT molecular complexity index is 760. The van der Waals surface area contributed by atoms with Gasteiger partial charge >= 0.3 is 5.97 Å². The summed E-state index contributed by atoms with van der Waals surface area (Å²) in [5.74, 6) is -0.500. The molecule has 0 aromatic heterocycles. The van der Waals surface area contributed by atoms with E-state index in [0.717, 1.165) is 5.56 Å². The van der Waals surface area contributed by atoms with Crippen LogP contribution in [0.15, 0.2) is 42.5 Å². The molecule has 0 unspecified atom stereocenters. The predicted molar refractivity (Wildman–Crippen MR) is 92.7 cm³/mol. The average molecular weight is 348 g/mol. The van der Waals surface area contributed by atoms with Gasteiger partial charge in [-0.15, -0.1) is 0 Å². The minimum absolute atomic E-state index is 0.312. The number of amides is 1. The van der Waals surface area contributed by atoms with E-state index in [2.05, 4.69) is 5.32 Å². The van der Waals surface area contributed by atoms with Gasteiger partial charge in [0.1, 0.15) is 5.75 Å². The lowest BCUT2D eigenvalue weighted by molar-refractivity contribution is -0.123. The number of anilines is 1. The molecule has 0 radical (unpaired) electrons. The van der Waals surface area contributed by atoms with E-state index in [1.165, 1.54) is 14.0 Å². The SMILES string of the molecule is COc1cccc(C(=O)O[C@@H](C)C(=O)Nc2ccc(C)c(Cl)c2)c1. The highest BCUT2D eigenvalue weighted by Crippen LogP contribution is 2.20. The van der Waals surface area contributed by atoms with Gasteiger partial charge in [0, 0.05) is 10.7 Å². The van der Waals surface area contributed by atoms with Crippen LogP contribution in [0.2, 0.25) is 5.02 Å². The Morgan fingerprint density at radius 3 is 2.58 bits per heavy atom. The van der Waals surface area contributed by atoms with E-state index >= 15 is 0 Å². The summed E-state index contributed by atoms with van der Waals surface area (Å²) in [6.07, 6.45) is -0.955. The summed E-state index contributed by atoms with van der Waals surface area (Å²) in [5, 5.41) is 3.21. The summed E-state index contributed by atoms with van der Waals surface area (Å²) >= 11 is 6.02. The van der Waals surface area contributed by atoms with Crippen LogP contribution < -0.4 is 10.1 Å². The molecule has 6 heteroatoms. The van der Waals surface area contributed by atoms with Crippen LogP contribution in [0.5, 0.6) is 5.75 Å². The van der Waals surface area contributed by atoms with Gasteiger partial charge in [-0.1, -0.05) is 23.7 Å². The van der Waals surface area contributed by atoms with E-state index in [-0.39, 0.29) is 0 Å². The molecule has 0 aliphatic heterocycles. The van der Waals surface area contributed by atoms with Crippen molar-refractivity contribution in [1.82, 2.24) is 0 Å². The number of halogens is 1. The third-order valence-corrected chi connectivity index (χ3v) is 3.81. The molecule has 1 amide bonds. The number of esters is 1. The summed E-state index contributed by atoms with van der Waals surface area (Å²) in [5.41, 5.74) is 1.76. The van der Waals surface area contributed by atoms with Crippen molar-refractivity contribution in [1.29, 1.82) is 0 Å². The molecule has 126 valence electrons. The minimum Gasteiger partial charge on any atom is -0.497 e. The zero-order chi connectivity index (χ0) is 17.7. The number of rotatable bonds is 5. The first-order valence-electron chi connectivity index (χ1n) is 7.32. The van der Waals surface area contributed by atoms with Crippen molar-refractivity contribution in [2.24, 2.45) is 0 Å². The first kappa shape index (κ1) is 17.8. The van der Waals surface area contributed by atoms with Crippen molar-refractivity contribution in [2.45, 2.75) is 20.0 Å². The Labute approximate surface area is 145 Å². The lowest BCUT2D eigenvalue weighted by atomic mass is 10.2. The summed E-state index contributed by atoms with van der Waals surface area (Å²) in [6.45, 7) is 3.37. The number of benzene rings is 2. The maximum Gasteiger partial charge on any atom is 0.339 e. The molecule has 1 N–H and O–H groups in total. The van der Waals surface area contributed by atoms with Crippen molar-refractivity contribution in [3.63, 3.8) is 0 Å². The normalized spacial score (nSPS) is 11.5. The van der Waals surface area contributed by atoms with Crippen LogP contribution in [-0.2, 0) is 9.53 Å². The summed E-state index contributed by atoms with van der Waals surface area (Å²) in [6, 6.07) is 11.7. The van der Waals surface area contributed by atoms with E-state index in [4.69, 9.17) is 21.1 Å². The fourth-order valence-corrected chi connectivity index (χ4v) is 2.13. The molecule has 0 spiro atoms. The molecule has 0 bridgehead atoms. The number of hydrogen-bond donors (Lipinski definition) is 1. The minimum atomic E-state index is -0.955. The number of methoxy groups -OCH3 is 1. The van der Waals surface area contributed by atoms with Gasteiger partial charge < -0.3 is 14.8 Å². The van der Waals surface area contributed by atoms with Gasteiger partial charge in [0.2, 0.25) is 0 Å². The van der Waals surface area contributed by atoms with Gasteiger partial charge in [0.05, 0.1) is 12.7 Å². The van der Waals surface area contributed by atoms with Crippen LogP contribution in [0, 0.1) is 6.92 Å². The van der Waals surface area contributed by atoms with E-state index < -0.39 is 18.0 Å². The Balaban J connectivity index is 1.99. The predicted octanol–water partition coefficient (Wildman–Crippen LogP) is 3.84. The number of carbonyl (C=O) groups is 2. The number of carbonyl (C=O) groups excluding carboxylic acids is 2. The second-order valence-electron chi connectivity index (χ2n) is 5.23. The molecule has 0 heterocycles. The molecule has 0 aliphatic carbocycles.